The first-order valence-electron chi connectivity index (χ1n) is 8.71. The molecule has 130 valence electrons. The van der Waals surface area contributed by atoms with Crippen molar-refractivity contribution in [3.63, 3.8) is 0 Å². The lowest BCUT2D eigenvalue weighted by Gasteiger charge is -2.18. The number of fused-ring (bicyclic) bond motifs is 3. The molecule has 1 aliphatic carbocycles. The largest absolute Gasteiger partial charge is 0.464 e. The van der Waals surface area contributed by atoms with E-state index in [4.69, 9.17) is 4.74 Å². The molecule has 0 unspecified atom stereocenters. The first-order valence-corrected chi connectivity index (χ1v) is 9.52. The summed E-state index contributed by atoms with van der Waals surface area (Å²) in [5.74, 6) is 0.282. The fourth-order valence-electron chi connectivity index (χ4n) is 3.17. The van der Waals surface area contributed by atoms with Crippen LogP contribution in [0.15, 0.2) is 11.1 Å². The van der Waals surface area contributed by atoms with E-state index in [9.17, 15) is 9.59 Å². The summed E-state index contributed by atoms with van der Waals surface area (Å²) < 4.78 is 6.67. The van der Waals surface area contributed by atoms with Gasteiger partial charge in [0.2, 0.25) is 0 Å². The Balaban J connectivity index is 1.94. The van der Waals surface area contributed by atoms with Crippen LogP contribution in [-0.2, 0) is 22.4 Å². The SMILES string of the molecule is CCCCOC(=O)[C@H](C)n1cnc2sc3c(c2c1=O)CC[C@@H](C)C3. The first kappa shape index (κ1) is 17.1. The summed E-state index contributed by atoms with van der Waals surface area (Å²) in [4.78, 5) is 31.6. The van der Waals surface area contributed by atoms with Crippen molar-refractivity contribution in [2.24, 2.45) is 5.92 Å². The quantitative estimate of drug-likeness (QED) is 0.613. The summed E-state index contributed by atoms with van der Waals surface area (Å²) in [6.45, 7) is 6.38. The molecule has 0 amide bonds. The zero-order valence-electron chi connectivity index (χ0n) is 14.5. The lowest BCUT2D eigenvalue weighted by atomic mass is 9.89. The second-order valence-corrected chi connectivity index (χ2v) is 7.77. The molecule has 2 aromatic heterocycles. The molecule has 5 nitrogen and oxygen atoms in total. The minimum atomic E-state index is -0.649. The van der Waals surface area contributed by atoms with Crippen LogP contribution in [0.25, 0.3) is 10.2 Å². The van der Waals surface area contributed by atoms with Crippen molar-refractivity contribution in [1.29, 1.82) is 0 Å². The third kappa shape index (κ3) is 3.11. The van der Waals surface area contributed by atoms with Crippen LogP contribution in [0.4, 0.5) is 0 Å². The molecule has 0 saturated heterocycles. The molecule has 2 aromatic rings. The zero-order chi connectivity index (χ0) is 17.3. The smallest absolute Gasteiger partial charge is 0.328 e. The lowest BCUT2D eigenvalue weighted by Crippen LogP contribution is -2.30. The molecular weight excluding hydrogens is 324 g/mol. The Bertz CT molecular complexity index is 808. The van der Waals surface area contributed by atoms with Crippen LogP contribution < -0.4 is 5.56 Å². The highest BCUT2D eigenvalue weighted by molar-refractivity contribution is 7.18. The van der Waals surface area contributed by atoms with Gasteiger partial charge in [0, 0.05) is 4.88 Å². The number of carbonyl (C=O) groups excluding carboxylic acids is 1. The van der Waals surface area contributed by atoms with E-state index in [1.165, 1.54) is 15.8 Å². The van der Waals surface area contributed by atoms with Crippen molar-refractivity contribution in [3.05, 3.63) is 27.1 Å². The van der Waals surface area contributed by atoms with Crippen LogP contribution in [0.5, 0.6) is 0 Å². The Morgan fingerprint density at radius 3 is 3.08 bits per heavy atom. The highest BCUT2D eigenvalue weighted by atomic mass is 32.1. The van der Waals surface area contributed by atoms with Crippen LogP contribution in [0.3, 0.4) is 0 Å². The molecule has 0 aliphatic heterocycles. The number of esters is 1. The van der Waals surface area contributed by atoms with E-state index in [0.717, 1.165) is 42.5 Å². The normalized spacial score (nSPS) is 18.4. The van der Waals surface area contributed by atoms with Crippen LogP contribution >= 0.6 is 11.3 Å². The van der Waals surface area contributed by atoms with E-state index in [1.807, 2.05) is 6.92 Å². The van der Waals surface area contributed by atoms with Gasteiger partial charge in [-0.1, -0.05) is 20.3 Å². The zero-order valence-corrected chi connectivity index (χ0v) is 15.3. The Morgan fingerprint density at radius 1 is 1.54 bits per heavy atom. The molecule has 2 heterocycles. The summed E-state index contributed by atoms with van der Waals surface area (Å²) in [7, 11) is 0. The third-order valence-electron chi connectivity index (χ3n) is 4.74. The Hall–Kier alpha value is -1.69. The second kappa shape index (κ2) is 7.05. The van der Waals surface area contributed by atoms with Crippen molar-refractivity contribution in [1.82, 2.24) is 9.55 Å². The van der Waals surface area contributed by atoms with Crippen molar-refractivity contribution in [3.8, 4) is 0 Å². The average molecular weight is 348 g/mol. The summed E-state index contributed by atoms with van der Waals surface area (Å²) in [6.07, 6.45) is 6.33. The second-order valence-electron chi connectivity index (χ2n) is 6.69. The van der Waals surface area contributed by atoms with E-state index in [1.54, 1.807) is 18.3 Å². The van der Waals surface area contributed by atoms with Gasteiger partial charge >= 0.3 is 5.97 Å². The molecule has 0 aromatic carbocycles. The van der Waals surface area contributed by atoms with Gasteiger partial charge in [0.1, 0.15) is 10.9 Å². The molecule has 0 saturated carbocycles. The number of ether oxygens (including phenoxy) is 1. The molecule has 6 heteroatoms. The highest BCUT2D eigenvalue weighted by Gasteiger charge is 2.25. The Labute approximate surface area is 145 Å². The maximum absolute atomic E-state index is 12.9. The number of hydrogen-bond acceptors (Lipinski definition) is 5. The number of carbonyl (C=O) groups is 1. The Morgan fingerprint density at radius 2 is 2.33 bits per heavy atom. The minimum absolute atomic E-state index is 0.119. The number of nitrogens with zero attached hydrogens (tertiary/aromatic N) is 2. The fraction of sp³-hybridized carbons (Fsp3) is 0.611. The third-order valence-corrected chi connectivity index (χ3v) is 5.90. The molecule has 0 N–H and O–H groups in total. The summed E-state index contributed by atoms with van der Waals surface area (Å²) in [5.41, 5.74) is 1.03. The molecular formula is C18H24N2O3S. The van der Waals surface area contributed by atoms with E-state index in [0.29, 0.717) is 17.9 Å². The van der Waals surface area contributed by atoms with Gasteiger partial charge in [-0.15, -0.1) is 11.3 Å². The summed E-state index contributed by atoms with van der Waals surface area (Å²) in [5, 5.41) is 0.706. The highest BCUT2D eigenvalue weighted by Crippen LogP contribution is 2.35. The lowest BCUT2D eigenvalue weighted by molar-refractivity contribution is -0.147. The maximum atomic E-state index is 12.9. The van der Waals surface area contributed by atoms with Crippen LogP contribution in [0, 0.1) is 5.92 Å². The number of rotatable bonds is 5. The van der Waals surface area contributed by atoms with E-state index >= 15 is 0 Å². The molecule has 3 rings (SSSR count). The van der Waals surface area contributed by atoms with Gasteiger partial charge in [0.25, 0.3) is 5.56 Å². The van der Waals surface area contributed by atoms with Gasteiger partial charge in [0.05, 0.1) is 18.3 Å². The van der Waals surface area contributed by atoms with Gasteiger partial charge in [-0.2, -0.15) is 0 Å². The van der Waals surface area contributed by atoms with Crippen molar-refractivity contribution >= 4 is 27.5 Å². The fourth-order valence-corrected chi connectivity index (χ4v) is 4.51. The number of thiophene rings is 1. The predicted molar refractivity (Wildman–Crippen MR) is 95.6 cm³/mol. The topological polar surface area (TPSA) is 61.2 Å². The van der Waals surface area contributed by atoms with Gasteiger partial charge in [-0.05, 0) is 44.1 Å². The van der Waals surface area contributed by atoms with E-state index in [-0.39, 0.29) is 11.5 Å². The van der Waals surface area contributed by atoms with Gasteiger partial charge in [-0.3, -0.25) is 9.36 Å². The first-order chi connectivity index (χ1) is 11.5. The van der Waals surface area contributed by atoms with E-state index < -0.39 is 6.04 Å². The maximum Gasteiger partial charge on any atom is 0.328 e. The van der Waals surface area contributed by atoms with Crippen LogP contribution in [0.2, 0.25) is 0 Å². The number of aryl methyl sites for hydroxylation is 1. The Kier molecular flexibility index (Phi) is 5.04. The van der Waals surface area contributed by atoms with Crippen molar-refractivity contribution in [2.75, 3.05) is 6.61 Å². The molecule has 1 aliphatic rings. The average Bonchev–Trinajstić information content (AvgIpc) is 2.92. The van der Waals surface area contributed by atoms with E-state index in [2.05, 4.69) is 11.9 Å². The van der Waals surface area contributed by atoms with Crippen LogP contribution in [0.1, 0.15) is 56.5 Å². The summed E-state index contributed by atoms with van der Waals surface area (Å²) in [6, 6.07) is -0.649. The molecule has 0 radical (unpaired) electrons. The van der Waals surface area contributed by atoms with Crippen molar-refractivity contribution in [2.45, 2.75) is 58.9 Å². The molecule has 0 fully saturated rings. The van der Waals surface area contributed by atoms with Crippen LogP contribution in [-0.4, -0.2) is 22.1 Å². The monoisotopic (exact) mass is 348 g/mol. The molecule has 0 bridgehead atoms. The molecule has 0 spiro atoms. The van der Waals surface area contributed by atoms with Gasteiger partial charge < -0.3 is 4.74 Å². The minimum Gasteiger partial charge on any atom is -0.464 e. The summed E-state index contributed by atoms with van der Waals surface area (Å²) >= 11 is 1.62. The van der Waals surface area contributed by atoms with Gasteiger partial charge in [-0.25, -0.2) is 9.78 Å². The number of hydrogen-bond donors (Lipinski definition) is 0. The van der Waals surface area contributed by atoms with Crippen molar-refractivity contribution < 1.29 is 9.53 Å². The standard InChI is InChI=1S/C18H24N2O3S/c1-4-5-8-23-18(22)12(3)20-10-19-16-15(17(20)21)13-7-6-11(2)9-14(13)24-16/h10-12H,4-9H2,1-3H3/t11-,12+/m1/s1. The number of unbranched alkanes of at least 4 members (excludes halogenated alkanes) is 1. The number of aromatic nitrogens is 2. The van der Waals surface area contributed by atoms with Gasteiger partial charge in [0.15, 0.2) is 0 Å². The molecule has 2 atom stereocenters. The predicted octanol–water partition coefficient (Wildman–Crippen LogP) is 3.49. The molecule has 24 heavy (non-hydrogen) atoms.